The Morgan fingerprint density at radius 1 is 1.32 bits per heavy atom. The number of hydrogen-bond acceptors (Lipinski definition) is 2. The number of halogens is 2. The van der Waals surface area contributed by atoms with Crippen molar-refractivity contribution in [3.05, 3.63) is 51.3 Å². The molecule has 1 heterocycles. The molecule has 1 unspecified atom stereocenters. The third-order valence-corrected chi connectivity index (χ3v) is 3.78. The van der Waals surface area contributed by atoms with Crippen molar-refractivity contribution in [2.45, 2.75) is 25.9 Å². The Labute approximate surface area is 122 Å². The van der Waals surface area contributed by atoms with E-state index in [9.17, 15) is 5.11 Å². The number of rotatable bonds is 4. The van der Waals surface area contributed by atoms with Gasteiger partial charge in [0.15, 0.2) is 0 Å². The van der Waals surface area contributed by atoms with Crippen LogP contribution in [-0.4, -0.2) is 21.0 Å². The van der Waals surface area contributed by atoms with E-state index in [1.54, 1.807) is 11.7 Å². The number of aliphatic hydroxyl groups is 1. The lowest BCUT2D eigenvalue weighted by Crippen LogP contribution is -2.14. The van der Waals surface area contributed by atoms with Gasteiger partial charge >= 0.3 is 0 Å². The average molecular weight is 299 g/mol. The molecule has 0 aliphatic carbocycles. The first-order valence-electron chi connectivity index (χ1n) is 6.08. The van der Waals surface area contributed by atoms with Crippen LogP contribution in [0.5, 0.6) is 0 Å². The summed E-state index contributed by atoms with van der Waals surface area (Å²) in [6.45, 7) is 1.90. The van der Waals surface area contributed by atoms with Gasteiger partial charge in [-0.3, -0.25) is 4.68 Å². The normalized spacial score (nSPS) is 12.7. The van der Waals surface area contributed by atoms with Crippen LogP contribution >= 0.6 is 23.2 Å². The van der Waals surface area contributed by atoms with Gasteiger partial charge in [0.2, 0.25) is 0 Å². The molecule has 19 heavy (non-hydrogen) atoms. The second-order valence-corrected chi connectivity index (χ2v) is 5.46. The Hall–Kier alpha value is -1.03. The fourth-order valence-electron chi connectivity index (χ4n) is 2.15. The highest BCUT2D eigenvalue weighted by molar-refractivity contribution is 6.30. The molecule has 3 nitrogen and oxygen atoms in total. The fraction of sp³-hybridized carbons (Fsp3) is 0.357. The van der Waals surface area contributed by atoms with Crippen molar-refractivity contribution >= 4 is 23.2 Å². The van der Waals surface area contributed by atoms with Crippen LogP contribution < -0.4 is 0 Å². The van der Waals surface area contributed by atoms with E-state index in [1.165, 1.54) is 0 Å². The van der Waals surface area contributed by atoms with Gasteiger partial charge in [0.25, 0.3) is 0 Å². The zero-order valence-corrected chi connectivity index (χ0v) is 12.4. The first-order valence-corrected chi connectivity index (χ1v) is 6.83. The summed E-state index contributed by atoms with van der Waals surface area (Å²) in [5, 5.41) is 15.7. The molecule has 1 aromatic carbocycles. The first kappa shape index (κ1) is 14.4. The fourth-order valence-corrected chi connectivity index (χ4v) is 2.61. The zero-order valence-electron chi connectivity index (χ0n) is 10.9. The van der Waals surface area contributed by atoms with Gasteiger partial charge in [-0.1, -0.05) is 35.3 Å². The highest BCUT2D eigenvalue weighted by Crippen LogP contribution is 2.21. The van der Waals surface area contributed by atoms with Gasteiger partial charge in [0.05, 0.1) is 11.8 Å². The number of aliphatic hydroxyl groups excluding tert-OH is 1. The standard InChI is InChI=1S/C14H16Cl2N2O/c1-9-13(14(16)18(2)17-9)8-12(19)7-10-4-3-5-11(15)6-10/h3-6,12,19H,7-8H2,1-2H3. The molecule has 0 amide bonds. The second kappa shape index (κ2) is 5.95. The smallest absolute Gasteiger partial charge is 0.130 e. The van der Waals surface area contributed by atoms with Crippen LogP contribution in [0.4, 0.5) is 0 Å². The van der Waals surface area contributed by atoms with E-state index in [-0.39, 0.29) is 0 Å². The topological polar surface area (TPSA) is 38.0 Å². The van der Waals surface area contributed by atoms with Crippen molar-refractivity contribution in [2.24, 2.45) is 7.05 Å². The molecule has 5 heteroatoms. The molecule has 0 aliphatic rings. The maximum Gasteiger partial charge on any atom is 0.130 e. The molecule has 0 fully saturated rings. The van der Waals surface area contributed by atoms with Crippen molar-refractivity contribution in [2.75, 3.05) is 0 Å². The van der Waals surface area contributed by atoms with Crippen molar-refractivity contribution in [1.82, 2.24) is 9.78 Å². The number of nitrogens with zero attached hydrogens (tertiary/aromatic N) is 2. The minimum atomic E-state index is -0.501. The van der Waals surface area contributed by atoms with E-state index < -0.39 is 6.10 Å². The van der Waals surface area contributed by atoms with Crippen LogP contribution in [0.1, 0.15) is 16.8 Å². The maximum atomic E-state index is 10.2. The van der Waals surface area contributed by atoms with E-state index in [1.807, 2.05) is 31.2 Å². The van der Waals surface area contributed by atoms with Crippen LogP contribution in [0.15, 0.2) is 24.3 Å². The number of benzene rings is 1. The Morgan fingerprint density at radius 3 is 2.63 bits per heavy atom. The van der Waals surface area contributed by atoms with Gasteiger partial charge < -0.3 is 5.11 Å². The summed E-state index contributed by atoms with van der Waals surface area (Å²) in [7, 11) is 1.79. The largest absolute Gasteiger partial charge is 0.392 e. The van der Waals surface area contributed by atoms with E-state index >= 15 is 0 Å². The Bertz CT molecular complexity index is 581. The predicted octanol–water partition coefficient (Wildman–Crippen LogP) is 3.18. The third-order valence-electron chi connectivity index (χ3n) is 3.07. The van der Waals surface area contributed by atoms with E-state index in [4.69, 9.17) is 23.2 Å². The molecule has 1 atom stereocenters. The molecule has 1 aromatic heterocycles. The molecular weight excluding hydrogens is 283 g/mol. The third kappa shape index (κ3) is 3.50. The molecule has 1 N–H and O–H groups in total. The molecule has 0 saturated carbocycles. The minimum absolute atomic E-state index is 0.491. The number of aromatic nitrogens is 2. The van der Waals surface area contributed by atoms with Crippen LogP contribution in [-0.2, 0) is 19.9 Å². The van der Waals surface area contributed by atoms with Gasteiger partial charge in [-0.25, -0.2) is 0 Å². The molecule has 2 rings (SSSR count). The molecule has 0 aliphatic heterocycles. The van der Waals surface area contributed by atoms with Gasteiger partial charge in [0.1, 0.15) is 5.15 Å². The summed E-state index contributed by atoms with van der Waals surface area (Å²) < 4.78 is 1.62. The Balaban J connectivity index is 2.07. The highest BCUT2D eigenvalue weighted by Gasteiger charge is 2.15. The SMILES string of the molecule is Cc1nn(C)c(Cl)c1CC(O)Cc1cccc(Cl)c1. The van der Waals surface area contributed by atoms with Crippen molar-refractivity contribution < 1.29 is 5.11 Å². The minimum Gasteiger partial charge on any atom is -0.392 e. The first-order chi connectivity index (χ1) is 8.97. The summed E-state index contributed by atoms with van der Waals surface area (Å²) in [6, 6.07) is 7.52. The maximum absolute atomic E-state index is 10.2. The van der Waals surface area contributed by atoms with Crippen molar-refractivity contribution in [1.29, 1.82) is 0 Å². The number of hydrogen-bond donors (Lipinski definition) is 1. The van der Waals surface area contributed by atoms with Gasteiger partial charge in [-0.2, -0.15) is 5.10 Å². The molecular formula is C14H16Cl2N2O. The van der Waals surface area contributed by atoms with E-state index in [0.717, 1.165) is 16.8 Å². The monoisotopic (exact) mass is 298 g/mol. The molecule has 2 aromatic rings. The van der Waals surface area contributed by atoms with E-state index in [0.29, 0.717) is 23.0 Å². The van der Waals surface area contributed by atoms with Crippen LogP contribution in [0.25, 0.3) is 0 Å². The lowest BCUT2D eigenvalue weighted by molar-refractivity contribution is 0.175. The van der Waals surface area contributed by atoms with Crippen molar-refractivity contribution in [3.8, 4) is 0 Å². The van der Waals surface area contributed by atoms with Gasteiger partial charge in [0, 0.05) is 24.1 Å². The summed E-state index contributed by atoms with van der Waals surface area (Å²) in [4.78, 5) is 0. The quantitative estimate of drug-likeness (QED) is 0.941. The van der Waals surface area contributed by atoms with Crippen LogP contribution in [0.3, 0.4) is 0 Å². The number of aryl methyl sites for hydroxylation is 2. The lowest BCUT2D eigenvalue weighted by Gasteiger charge is -2.11. The summed E-state index contributed by atoms with van der Waals surface area (Å²) in [5.41, 5.74) is 2.77. The predicted molar refractivity (Wildman–Crippen MR) is 77.8 cm³/mol. The summed E-state index contributed by atoms with van der Waals surface area (Å²) >= 11 is 12.1. The van der Waals surface area contributed by atoms with E-state index in [2.05, 4.69) is 5.10 Å². The van der Waals surface area contributed by atoms with Crippen molar-refractivity contribution in [3.63, 3.8) is 0 Å². The Kier molecular flexibility index (Phi) is 4.50. The van der Waals surface area contributed by atoms with Crippen LogP contribution in [0.2, 0.25) is 10.2 Å². The zero-order chi connectivity index (χ0) is 14.0. The average Bonchev–Trinajstić information content (AvgIpc) is 2.56. The lowest BCUT2D eigenvalue weighted by atomic mass is 10.0. The second-order valence-electron chi connectivity index (χ2n) is 4.67. The highest BCUT2D eigenvalue weighted by atomic mass is 35.5. The molecule has 0 spiro atoms. The van der Waals surface area contributed by atoms with Gasteiger partial charge in [-0.15, -0.1) is 0 Å². The van der Waals surface area contributed by atoms with Crippen LogP contribution in [0, 0.1) is 6.92 Å². The summed E-state index contributed by atoms with van der Waals surface area (Å²) in [5.74, 6) is 0. The molecule has 0 radical (unpaired) electrons. The molecule has 0 saturated heterocycles. The molecule has 0 bridgehead atoms. The molecule has 102 valence electrons. The summed E-state index contributed by atoms with van der Waals surface area (Å²) in [6.07, 6.45) is 0.537. The Morgan fingerprint density at radius 2 is 2.05 bits per heavy atom. The van der Waals surface area contributed by atoms with Gasteiger partial charge in [-0.05, 0) is 31.0 Å².